The van der Waals surface area contributed by atoms with Gasteiger partial charge in [0.05, 0.1) is 24.4 Å². The highest BCUT2D eigenvalue weighted by molar-refractivity contribution is 7.12. The standard InChI is InChI=1S/C18H16O4S2/c1-3-21-17-13(11-7-5-9-23-11)15(19)14(12-8-6-10-24-12)18(16(17)20)22-4-2/h5-10H,3-4H2,1-2H3. The molecule has 0 bridgehead atoms. The van der Waals surface area contributed by atoms with Gasteiger partial charge in [-0.05, 0) is 36.7 Å². The second-order valence-electron chi connectivity index (χ2n) is 4.89. The van der Waals surface area contributed by atoms with Crippen molar-refractivity contribution < 1.29 is 19.1 Å². The quantitative estimate of drug-likeness (QED) is 0.726. The fourth-order valence-electron chi connectivity index (χ4n) is 2.51. The number of carbonyl (C=O) groups is 2. The largest absolute Gasteiger partial charge is 0.489 e. The van der Waals surface area contributed by atoms with Crippen molar-refractivity contribution in [2.75, 3.05) is 13.2 Å². The molecule has 2 heterocycles. The second-order valence-corrected chi connectivity index (χ2v) is 6.78. The van der Waals surface area contributed by atoms with E-state index in [0.29, 0.717) is 24.4 Å². The molecule has 2 aromatic heterocycles. The van der Waals surface area contributed by atoms with Crippen LogP contribution in [0.5, 0.6) is 0 Å². The molecule has 0 aromatic carbocycles. The zero-order valence-electron chi connectivity index (χ0n) is 13.3. The van der Waals surface area contributed by atoms with Gasteiger partial charge >= 0.3 is 0 Å². The van der Waals surface area contributed by atoms with Gasteiger partial charge < -0.3 is 9.47 Å². The lowest BCUT2D eigenvalue weighted by atomic mass is 9.90. The first kappa shape index (κ1) is 16.7. The number of thiophene rings is 2. The van der Waals surface area contributed by atoms with E-state index in [1.54, 1.807) is 13.8 Å². The third kappa shape index (κ3) is 2.83. The molecule has 0 radical (unpaired) electrons. The molecule has 1 aliphatic carbocycles. The van der Waals surface area contributed by atoms with Crippen LogP contribution >= 0.6 is 22.7 Å². The number of ketones is 2. The van der Waals surface area contributed by atoms with E-state index in [1.807, 2.05) is 35.0 Å². The molecule has 0 atom stereocenters. The van der Waals surface area contributed by atoms with Crippen molar-refractivity contribution in [1.29, 1.82) is 0 Å². The van der Waals surface area contributed by atoms with Crippen molar-refractivity contribution in [2.45, 2.75) is 13.8 Å². The maximum Gasteiger partial charge on any atom is 0.263 e. The van der Waals surface area contributed by atoms with E-state index in [0.717, 1.165) is 9.75 Å². The molecule has 0 saturated carbocycles. The van der Waals surface area contributed by atoms with E-state index in [4.69, 9.17) is 9.47 Å². The molecular formula is C18H16O4S2. The molecular weight excluding hydrogens is 344 g/mol. The van der Waals surface area contributed by atoms with Gasteiger partial charge in [0, 0.05) is 9.75 Å². The zero-order chi connectivity index (χ0) is 17.1. The van der Waals surface area contributed by atoms with Gasteiger partial charge in [0.1, 0.15) is 0 Å². The smallest absolute Gasteiger partial charge is 0.263 e. The van der Waals surface area contributed by atoms with Crippen molar-refractivity contribution in [3.63, 3.8) is 0 Å². The SMILES string of the molecule is CCOC1=C(c2cccs2)C(=O)C(c2cccs2)=C(OCC)C1=O. The summed E-state index contributed by atoms with van der Waals surface area (Å²) in [6, 6.07) is 7.34. The lowest BCUT2D eigenvalue weighted by molar-refractivity contribution is -0.120. The summed E-state index contributed by atoms with van der Waals surface area (Å²) in [7, 11) is 0. The first-order valence-corrected chi connectivity index (χ1v) is 9.36. The number of carbonyl (C=O) groups excluding carboxylic acids is 2. The van der Waals surface area contributed by atoms with Crippen molar-refractivity contribution in [3.8, 4) is 0 Å². The number of hydrogen-bond acceptors (Lipinski definition) is 6. The Hall–Kier alpha value is -2.18. The van der Waals surface area contributed by atoms with Crippen LogP contribution in [0.1, 0.15) is 23.6 Å². The normalized spacial score (nSPS) is 15.2. The molecule has 4 nitrogen and oxygen atoms in total. The highest BCUT2D eigenvalue weighted by Gasteiger charge is 2.39. The first-order valence-electron chi connectivity index (χ1n) is 7.60. The molecule has 0 aliphatic heterocycles. The third-order valence-corrected chi connectivity index (χ3v) is 5.21. The first-order chi connectivity index (χ1) is 11.7. The van der Waals surface area contributed by atoms with E-state index in [-0.39, 0.29) is 23.1 Å². The lowest BCUT2D eigenvalue weighted by Crippen LogP contribution is -2.25. The van der Waals surface area contributed by atoms with Crippen LogP contribution in [-0.4, -0.2) is 24.8 Å². The Labute approximate surface area is 148 Å². The molecule has 3 rings (SSSR count). The summed E-state index contributed by atoms with van der Waals surface area (Å²) in [5.74, 6) is -0.445. The highest BCUT2D eigenvalue weighted by atomic mass is 32.1. The van der Waals surface area contributed by atoms with Crippen molar-refractivity contribution in [1.82, 2.24) is 0 Å². The van der Waals surface area contributed by atoms with E-state index in [9.17, 15) is 9.59 Å². The van der Waals surface area contributed by atoms with Gasteiger partial charge in [-0.25, -0.2) is 0 Å². The molecule has 124 valence electrons. The maximum absolute atomic E-state index is 13.2. The number of rotatable bonds is 6. The van der Waals surface area contributed by atoms with Gasteiger partial charge in [-0.3, -0.25) is 9.59 Å². The number of ether oxygens (including phenoxy) is 2. The van der Waals surface area contributed by atoms with Gasteiger partial charge in [0.2, 0.25) is 5.78 Å². The highest BCUT2D eigenvalue weighted by Crippen LogP contribution is 2.39. The molecule has 0 amide bonds. The van der Waals surface area contributed by atoms with Gasteiger partial charge in [-0.15, -0.1) is 22.7 Å². The third-order valence-electron chi connectivity index (χ3n) is 3.43. The minimum absolute atomic E-state index is 0.0775. The summed E-state index contributed by atoms with van der Waals surface area (Å²) in [4.78, 5) is 27.6. The molecule has 0 saturated heterocycles. The number of Topliss-reactive ketones (excluding diaryl/α,β-unsaturated/α-hetero) is 2. The number of hydrogen-bond donors (Lipinski definition) is 0. The van der Waals surface area contributed by atoms with Crippen LogP contribution < -0.4 is 0 Å². The van der Waals surface area contributed by atoms with Crippen molar-refractivity contribution in [2.24, 2.45) is 0 Å². The molecule has 0 N–H and O–H groups in total. The second kappa shape index (κ2) is 7.15. The molecule has 1 aliphatic rings. The van der Waals surface area contributed by atoms with Gasteiger partial charge in [0.15, 0.2) is 11.5 Å². The molecule has 2 aromatic rings. The van der Waals surface area contributed by atoms with Crippen molar-refractivity contribution >= 4 is 45.4 Å². The van der Waals surface area contributed by atoms with E-state index in [2.05, 4.69) is 0 Å². The van der Waals surface area contributed by atoms with Crippen LogP contribution in [0, 0.1) is 0 Å². The fraction of sp³-hybridized carbons (Fsp3) is 0.222. The zero-order valence-corrected chi connectivity index (χ0v) is 15.0. The lowest BCUT2D eigenvalue weighted by Gasteiger charge is -2.22. The van der Waals surface area contributed by atoms with Crippen LogP contribution in [0.3, 0.4) is 0 Å². The Bertz CT molecular complexity index is 745. The summed E-state index contributed by atoms with van der Waals surface area (Å²) in [6.45, 7) is 4.18. The topological polar surface area (TPSA) is 52.6 Å². The summed E-state index contributed by atoms with van der Waals surface area (Å²) >= 11 is 2.82. The van der Waals surface area contributed by atoms with Crippen LogP contribution in [0.4, 0.5) is 0 Å². The Kier molecular flexibility index (Phi) is 4.97. The van der Waals surface area contributed by atoms with Gasteiger partial charge in [0.25, 0.3) is 5.78 Å². The van der Waals surface area contributed by atoms with Crippen LogP contribution in [-0.2, 0) is 19.1 Å². The Morgan fingerprint density at radius 3 is 1.58 bits per heavy atom. The summed E-state index contributed by atoms with van der Waals surface area (Å²) in [6.07, 6.45) is 0. The minimum Gasteiger partial charge on any atom is -0.489 e. The summed E-state index contributed by atoms with van der Waals surface area (Å²) in [5, 5.41) is 3.74. The maximum atomic E-state index is 13.2. The Balaban J connectivity index is 2.21. The van der Waals surface area contributed by atoms with Gasteiger partial charge in [-0.1, -0.05) is 12.1 Å². The summed E-state index contributed by atoms with van der Waals surface area (Å²) < 4.78 is 11.1. The molecule has 0 spiro atoms. The average molecular weight is 360 g/mol. The summed E-state index contributed by atoms with van der Waals surface area (Å²) in [5.41, 5.74) is 0.646. The van der Waals surface area contributed by atoms with E-state index in [1.165, 1.54) is 22.7 Å². The van der Waals surface area contributed by atoms with E-state index >= 15 is 0 Å². The Morgan fingerprint density at radius 1 is 0.792 bits per heavy atom. The molecule has 6 heteroatoms. The van der Waals surface area contributed by atoms with Crippen LogP contribution in [0.2, 0.25) is 0 Å². The molecule has 24 heavy (non-hydrogen) atoms. The van der Waals surface area contributed by atoms with Crippen LogP contribution in [0.15, 0.2) is 46.5 Å². The molecule has 0 fully saturated rings. The van der Waals surface area contributed by atoms with Gasteiger partial charge in [-0.2, -0.15) is 0 Å². The minimum atomic E-state index is -0.370. The Morgan fingerprint density at radius 2 is 1.25 bits per heavy atom. The van der Waals surface area contributed by atoms with Crippen molar-refractivity contribution in [3.05, 3.63) is 56.3 Å². The fourth-order valence-corrected chi connectivity index (χ4v) is 4.04. The average Bonchev–Trinajstić information content (AvgIpc) is 3.26. The number of allylic oxidation sites excluding steroid dienone is 2. The van der Waals surface area contributed by atoms with E-state index < -0.39 is 0 Å². The monoisotopic (exact) mass is 360 g/mol. The molecule has 0 unspecified atom stereocenters. The predicted octanol–water partition coefficient (Wildman–Crippen LogP) is 4.16. The van der Waals surface area contributed by atoms with Crippen LogP contribution in [0.25, 0.3) is 11.1 Å². The predicted molar refractivity (Wildman–Crippen MR) is 95.7 cm³/mol.